The topological polar surface area (TPSA) is 27.7 Å². The van der Waals surface area contributed by atoms with E-state index in [1.807, 2.05) is 24.3 Å². The van der Waals surface area contributed by atoms with Crippen molar-refractivity contribution in [1.82, 2.24) is 0 Å². The van der Waals surface area contributed by atoms with Gasteiger partial charge in [0.1, 0.15) is 18.1 Å². The second-order valence-corrected chi connectivity index (χ2v) is 8.33. The monoisotopic (exact) mass is 436 g/mol. The van der Waals surface area contributed by atoms with E-state index in [-0.39, 0.29) is 18.5 Å². The minimum absolute atomic E-state index is 0.0363. The Bertz CT molecular complexity index is 717. The average molecular weight is 437 g/mol. The van der Waals surface area contributed by atoms with Gasteiger partial charge in [0.15, 0.2) is 11.7 Å². The Morgan fingerprint density at radius 3 is 2.29 bits per heavy atom. The van der Waals surface area contributed by atoms with Crippen molar-refractivity contribution in [3.05, 3.63) is 52.8 Å². The van der Waals surface area contributed by atoms with E-state index in [0.29, 0.717) is 30.1 Å². The molecule has 0 spiro atoms. The van der Waals surface area contributed by atoms with E-state index in [9.17, 15) is 8.78 Å². The quantitative estimate of drug-likeness (QED) is 0.413. The Labute approximate surface area is 186 Å². The summed E-state index contributed by atoms with van der Waals surface area (Å²) < 4.78 is 44.5. The molecule has 1 heterocycles. The molecule has 0 bridgehead atoms. The lowest BCUT2D eigenvalue weighted by Gasteiger charge is -2.29. The van der Waals surface area contributed by atoms with Gasteiger partial charge in [-0.2, -0.15) is 0 Å². The van der Waals surface area contributed by atoms with Crippen LogP contribution in [0.5, 0.6) is 5.75 Å². The van der Waals surface area contributed by atoms with Crippen LogP contribution >= 0.6 is 0 Å². The summed E-state index contributed by atoms with van der Waals surface area (Å²) in [5.41, 5.74) is 1.47. The van der Waals surface area contributed by atoms with E-state index in [2.05, 4.69) is 20.8 Å². The number of hydrogen-bond acceptors (Lipinski definition) is 3. The summed E-state index contributed by atoms with van der Waals surface area (Å²) in [5, 5.41) is 0. The van der Waals surface area contributed by atoms with Gasteiger partial charge in [0.2, 0.25) is 0 Å². The highest BCUT2D eigenvalue weighted by molar-refractivity contribution is 5.34. The number of rotatable bonds is 8. The lowest BCUT2D eigenvalue weighted by Crippen LogP contribution is -2.20. The maximum atomic E-state index is 14.1. The van der Waals surface area contributed by atoms with Crippen molar-refractivity contribution < 1.29 is 23.0 Å². The van der Waals surface area contributed by atoms with Gasteiger partial charge < -0.3 is 14.2 Å². The van der Waals surface area contributed by atoms with Gasteiger partial charge in [0.25, 0.3) is 0 Å². The van der Waals surface area contributed by atoms with Gasteiger partial charge in [0, 0.05) is 12.0 Å². The van der Waals surface area contributed by atoms with Gasteiger partial charge >= 0.3 is 0 Å². The second-order valence-electron chi connectivity index (χ2n) is 8.33. The van der Waals surface area contributed by atoms with Crippen molar-refractivity contribution in [3.8, 4) is 5.75 Å². The zero-order valence-corrected chi connectivity index (χ0v) is 19.5. The van der Waals surface area contributed by atoms with E-state index in [4.69, 9.17) is 14.2 Å². The van der Waals surface area contributed by atoms with E-state index in [1.54, 1.807) is 0 Å². The molecule has 0 aromatic heterocycles. The predicted molar refractivity (Wildman–Crippen MR) is 121 cm³/mol. The van der Waals surface area contributed by atoms with Crippen LogP contribution in [-0.2, 0) is 9.47 Å². The molecule has 1 aliphatic carbocycles. The number of unbranched alkanes of at least 4 members (excludes halogenated alkanes) is 1. The van der Waals surface area contributed by atoms with Crippen molar-refractivity contribution in [2.24, 2.45) is 5.92 Å². The Balaban J connectivity index is 0.00000107. The maximum absolute atomic E-state index is 14.1. The number of ether oxygens (including phenoxy) is 3. The molecule has 2 atom stereocenters. The number of methoxy groups -OCH3 is 1. The number of allylic oxidation sites excluding steroid dienone is 3. The van der Waals surface area contributed by atoms with Crippen LogP contribution in [0.15, 0.2) is 47.3 Å². The SMILES string of the molecule is CCC.CCCCC1CCC(c2ccc(OCC3=C(F)C(F)=C(OC)CC3)cc2)OC1. The lowest BCUT2D eigenvalue weighted by molar-refractivity contribution is -0.0198. The van der Waals surface area contributed by atoms with Crippen LogP contribution in [0.3, 0.4) is 0 Å². The van der Waals surface area contributed by atoms with Crippen LogP contribution in [0.25, 0.3) is 0 Å². The van der Waals surface area contributed by atoms with Gasteiger partial charge in [-0.25, -0.2) is 8.78 Å². The molecule has 0 N–H and O–H groups in total. The molecule has 1 saturated heterocycles. The van der Waals surface area contributed by atoms with Crippen molar-refractivity contribution >= 4 is 0 Å². The molecule has 174 valence electrons. The molecular formula is C26H38F2O3. The molecule has 3 rings (SSSR count). The van der Waals surface area contributed by atoms with E-state index < -0.39 is 11.7 Å². The molecule has 1 aromatic carbocycles. The highest BCUT2D eigenvalue weighted by Gasteiger charge is 2.24. The normalized spacial score (nSPS) is 21.5. The third kappa shape index (κ3) is 7.64. The first kappa shape index (κ1) is 25.4. The molecule has 0 radical (unpaired) electrons. The number of halogens is 2. The molecule has 0 saturated carbocycles. The van der Waals surface area contributed by atoms with Gasteiger partial charge in [-0.15, -0.1) is 0 Å². The van der Waals surface area contributed by atoms with Crippen molar-refractivity contribution in [2.75, 3.05) is 20.3 Å². The fraction of sp³-hybridized carbons (Fsp3) is 0.615. The smallest absolute Gasteiger partial charge is 0.196 e. The van der Waals surface area contributed by atoms with Crippen molar-refractivity contribution in [2.45, 2.75) is 78.2 Å². The van der Waals surface area contributed by atoms with Crippen LogP contribution in [0.4, 0.5) is 8.78 Å². The summed E-state index contributed by atoms with van der Waals surface area (Å²) >= 11 is 0. The van der Waals surface area contributed by atoms with Crippen LogP contribution in [0.2, 0.25) is 0 Å². The summed E-state index contributed by atoms with van der Waals surface area (Å²) in [7, 11) is 1.35. The maximum Gasteiger partial charge on any atom is 0.196 e. The first-order chi connectivity index (χ1) is 15.0. The molecule has 31 heavy (non-hydrogen) atoms. The molecule has 0 amide bonds. The summed E-state index contributed by atoms with van der Waals surface area (Å²) in [6.45, 7) is 7.34. The van der Waals surface area contributed by atoms with E-state index >= 15 is 0 Å². The lowest BCUT2D eigenvalue weighted by atomic mass is 9.91. The molecule has 1 aliphatic heterocycles. The fourth-order valence-electron chi connectivity index (χ4n) is 3.83. The molecular weight excluding hydrogens is 398 g/mol. The summed E-state index contributed by atoms with van der Waals surface area (Å²) in [6, 6.07) is 7.74. The highest BCUT2D eigenvalue weighted by atomic mass is 19.2. The van der Waals surface area contributed by atoms with Crippen LogP contribution in [0, 0.1) is 5.92 Å². The van der Waals surface area contributed by atoms with Crippen LogP contribution in [-0.4, -0.2) is 20.3 Å². The fourth-order valence-corrected chi connectivity index (χ4v) is 3.83. The standard InChI is InChI=1S/C23H30F2O3.C3H8/c1-3-4-5-16-6-12-20(28-14-16)17-7-10-19(11-8-17)27-15-18-9-13-21(26-2)23(25)22(18)24;1-3-2/h7-8,10-11,16,20H,3-6,9,12-15H2,1-2H3;3H2,1-2H3. The summed E-state index contributed by atoms with van der Waals surface area (Å²) in [5.74, 6) is -0.370. The zero-order valence-electron chi connectivity index (χ0n) is 19.5. The number of hydrogen-bond donors (Lipinski definition) is 0. The van der Waals surface area contributed by atoms with Gasteiger partial charge in [0.05, 0.1) is 19.8 Å². The largest absolute Gasteiger partial charge is 0.498 e. The van der Waals surface area contributed by atoms with Crippen molar-refractivity contribution in [3.63, 3.8) is 0 Å². The van der Waals surface area contributed by atoms with E-state index in [0.717, 1.165) is 18.6 Å². The second kappa shape index (κ2) is 13.5. The molecule has 1 aromatic rings. The third-order valence-corrected chi connectivity index (χ3v) is 5.65. The first-order valence-electron chi connectivity index (χ1n) is 11.7. The van der Waals surface area contributed by atoms with Gasteiger partial charge in [-0.3, -0.25) is 0 Å². The highest BCUT2D eigenvalue weighted by Crippen LogP contribution is 2.34. The minimum atomic E-state index is -0.908. The Morgan fingerprint density at radius 1 is 1.00 bits per heavy atom. The van der Waals surface area contributed by atoms with Gasteiger partial charge in [-0.05, 0) is 49.3 Å². The predicted octanol–water partition coefficient (Wildman–Crippen LogP) is 7.98. The zero-order chi connectivity index (χ0) is 22.6. The molecule has 2 unspecified atom stereocenters. The third-order valence-electron chi connectivity index (χ3n) is 5.65. The molecule has 2 aliphatic rings. The number of benzene rings is 1. The Hall–Kier alpha value is -1.88. The summed E-state index contributed by atoms with van der Waals surface area (Å²) in [6.07, 6.45) is 8.15. The average Bonchev–Trinajstić information content (AvgIpc) is 2.80. The first-order valence-corrected chi connectivity index (χ1v) is 11.7. The summed E-state index contributed by atoms with van der Waals surface area (Å²) in [4.78, 5) is 0. The molecule has 3 nitrogen and oxygen atoms in total. The molecule has 1 fully saturated rings. The van der Waals surface area contributed by atoms with Gasteiger partial charge in [-0.1, -0.05) is 52.2 Å². The van der Waals surface area contributed by atoms with Crippen LogP contribution in [0.1, 0.15) is 83.8 Å². The van der Waals surface area contributed by atoms with E-state index in [1.165, 1.54) is 39.2 Å². The minimum Gasteiger partial charge on any atom is -0.498 e. The Kier molecular flexibility index (Phi) is 11.1. The van der Waals surface area contributed by atoms with Crippen molar-refractivity contribution in [1.29, 1.82) is 0 Å². The van der Waals surface area contributed by atoms with Crippen LogP contribution < -0.4 is 4.74 Å². The molecule has 5 heteroatoms. The Morgan fingerprint density at radius 2 is 1.71 bits per heavy atom.